The second-order valence-electron chi connectivity index (χ2n) is 6.05. The fourth-order valence-electron chi connectivity index (χ4n) is 2.52. The topological polar surface area (TPSA) is 62.3 Å². The number of aryl methyl sites for hydroxylation is 1. The Hall–Kier alpha value is -3.32. The highest BCUT2D eigenvalue weighted by Gasteiger charge is 2.17. The maximum absolute atomic E-state index is 13.8. The zero-order valence-corrected chi connectivity index (χ0v) is 16.2. The number of para-hydroxylation sites is 1. The van der Waals surface area contributed by atoms with Crippen LogP contribution in [0.25, 0.3) is 6.08 Å². The summed E-state index contributed by atoms with van der Waals surface area (Å²) in [7, 11) is 0. The van der Waals surface area contributed by atoms with Crippen LogP contribution in [0, 0.1) is 12.7 Å². The zero-order valence-electron chi connectivity index (χ0n) is 15.3. The van der Waals surface area contributed by atoms with E-state index in [0.29, 0.717) is 16.5 Å². The summed E-state index contributed by atoms with van der Waals surface area (Å²) >= 11 is 1.29. The van der Waals surface area contributed by atoms with Crippen LogP contribution in [0.4, 0.5) is 20.9 Å². The Kier molecular flexibility index (Phi) is 5.96. The molecule has 0 spiro atoms. The van der Waals surface area contributed by atoms with Gasteiger partial charge in [0.2, 0.25) is 11.8 Å². The zero-order chi connectivity index (χ0) is 20.1. The van der Waals surface area contributed by atoms with Gasteiger partial charge in [-0.05, 0) is 42.8 Å². The third-order valence-electron chi connectivity index (χ3n) is 3.82. The predicted octanol–water partition coefficient (Wildman–Crippen LogP) is 4.93. The van der Waals surface area contributed by atoms with E-state index < -0.39 is 11.7 Å². The van der Waals surface area contributed by atoms with E-state index in [1.807, 2.05) is 30.3 Å². The van der Waals surface area contributed by atoms with Crippen LogP contribution >= 0.6 is 11.3 Å². The van der Waals surface area contributed by atoms with Crippen molar-refractivity contribution >= 4 is 45.7 Å². The SMILES string of the molecule is CC(=O)N(c1ccccc1)c1nc(C=CC(=O)Nc2ccc(C)cc2F)cs1. The van der Waals surface area contributed by atoms with Crippen molar-refractivity contribution < 1.29 is 14.0 Å². The molecule has 5 nitrogen and oxygen atoms in total. The second kappa shape index (κ2) is 8.58. The van der Waals surface area contributed by atoms with Gasteiger partial charge in [-0.1, -0.05) is 24.3 Å². The summed E-state index contributed by atoms with van der Waals surface area (Å²) in [5, 5.41) is 4.74. The summed E-state index contributed by atoms with van der Waals surface area (Å²) in [5.74, 6) is -1.12. The number of hydrogen-bond acceptors (Lipinski definition) is 4. The van der Waals surface area contributed by atoms with Crippen LogP contribution in [0.15, 0.2) is 60.0 Å². The number of hydrogen-bond donors (Lipinski definition) is 1. The molecule has 7 heteroatoms. The average molecular weight is 395 g/mol. The van der Waals surface area contributed by atoms with Crippen LogP contribution in [0.2, 0.25) is 0 Å². The summed E-state index contributed by atoms with van der Waals surface area (Å²) in [4.78, 5) is 30.0. The van der Waals surface area contributed by atoms with E-state index in [2.05, 4.69) is 10.3 Å². The molecule has 0 saturated carbocycles. The number of amides is 2. The van der Waals surface area contributed by atoms with Gasteiger partial charge in [0.1, 0.15) is 5.82 Å². The number of carbonyl (C=O) groups is 2. The van der Waals surface area contributed by atoms with Crippen LogP contribution in [-0.4, -0.2) is 16.8 Å². The molecule has 0 aliphatic heterocycles. The summed E-state index contributed by atoms with van der Waals surface area (Å²) in [6.07, 6.45) is 2.80. The van der Waals surface area contributed by atoms with E-state index in [4.69, 9.17) is 0 Å². The number of rotatable bonds is 5. The molecule has 0 radical (unpaired) electrons. The van der Waals surface area contributed by atoms with Crippen molar-refractivity contribution in [1.82, 2.24) is 4.98 Å². The van der Waals surface area contributed by atoms with Crippen molar-refractivity contribution in [2.24, 2.45) is 0 Å². The van der Waals surface area contributed by atoms with Gasteiger partial charge in [0.25, 0.3) is 0 Å². The molecule has 0 fully saturated rings. The molecule has 2 amide bonds. The molecule has 1 heterocycles. The first-order valence-corrected chi connectivity index (χ1v) is 9.38. The Bertz CT molecular complexity index is 1030. The quantitative estimate of drug-likeness (QED) is 0.623. The summed E-state index contributed by atoms with van der Waals surface area (Å²) in [5.41, 5.74) is 2.13. The number of benzene rings is 2. The molecule has 3 aromatic rings. The van der Waals surface area contributed by atoms with Gasteiger partial charge in [0, 0.05) is 18.4 Å². The van der Waals surface area contributed by atoms with Crippen molar-refractivity contribution in [3.8, 4) is 0 Å². The minimum absolute atomic E-state index is 0.117. The van der Waals surface area contributed by atoms with E-state index in [1.165, 1.54) is 47.4 Å². The predicted molar refractivity (Wildman–Crippen MR) is 110 cm³/mol. The van der Waals surface area contributed by atoms with Gasteiger partial charge in [-0.2, -0.15) is 0 Å². The van der Waals surface area contributed by atoms with Gasteiger partial charge in [-0.25, -0.2) is 9.37 Å². The normalized spacial score (nSPS) is 10.8. The van der Waals surface area contributed by atoms with E-state index in [9.17, 15) is 14.0 Å². The molecular formula is C21H18FN3O2S. The number of nitrogens with zero attached hydrogens (tertiary/aromatic N) is 2. The van der Waals surface area contributed by atoms with E-state index in [-0.39, 0.29) is 11.6 Å². The number of anilines is 3. The molecule has 2 aromatic carbocycles. The van der Waals surface area contributed by atoms with E-state index in [1.54, 1.807) is 18.4 Å². The Morgan fingerprint density at radius 1 is 1.18 bits per heavy atom. The van der Waals surface area contributed by atoms with Gasteiger partial charge in [0.05, 0.1) is 17.1 Å². The van der Waals surface area contributed by atoms with Crippen molar-refractivity contribution in [2.75, 3.05) is 10.2 Å². The fourth-order valence-corrected chi connectivity index (χ4v) is 3.37. The van der Waals surface area contributed by atoms with Gasteiger partial charge >= 0.3 is 0 Å². The molecule has 0 aliphatic rings. The molecule has 0 aliphatic carbocycles. The first kappa shape index (κ1) is 19.4. The van der Waals surface area contributed by atoms with Gasteiger partial charge < -0.3 is 5.32 Å². The summed E-state index contributed by atoms with van der Waals surface area (Å²) < 4.78 is 13.8. The number of halogens is 1. The van der Waals surface area contributed by atoms with Crippen molar-refractivity contribution in [3.63, 3.8) is 0 Å². The minimum Gasteiger partial charge on any atom is -0.320 e. The maximum atomic E-state index is 13.8. The molecule has 1 N–H and O–H groups in total. The van der Waals surface area contributed by atoms with Crippen molar-refractivity contribution in [3.05, 3.63) is 77.1 Å². The monoisotopic (exact) mass is 395 g/mol. The highest BCUT2D eigenvalue weighted by Crippen LogP contribution is 2.29. The summed E-state index contributed by atoms with van der Waals surface area (Å²) in [6, 6.07) is 13.8. The first-order chi connectivity index (χ1) is 13.4. The smallest absolute Gasteiger partial charge is 0.248 e. The fraction of sp³-hybridized carbons (Fsp3) is 0.0952. The molecule has 142 valence electrons. The number of thiazole rings is 1. The van der Waals surface area contributed by atoms with Crippen LogP contribution < -0.4 is 10.2 Å². The minimum atomic E-state index is -0.488. The third kappa shape index (κ3) is 4.69. The number of nitrogens with one attached hydrogen (secondary N) is 1. The highest BCUT2D eigenvalue weighted by atomic mass is 32.1. The van der Waals surface area contributed by atoms with Crippen LogP contribution in [0.5, 0.6) is 0 Å². The molecule has 3 rings (SSSR count). The van der Waals surface area contributed by atoms with Gasteiger partial charge in [0.15, 0.2) is 5.13 Å². The molecule has 0 bridgehead atoms. The molecule has 0 unspecified atom stereocenters. The third-order valence-corrected chi connectivity index (χ3v) is 4.66. The number of carbonyl (C=O) groups excluding carboxylic acids is 2. The largest absolute Gasteiger partial charge is 0.320 e. The standard InChI is InChI=1S/C21H18FN3O2S/c1-14-8-10-19(18(22)12-14)24-20(27)11-9-16-13-28-21(23-16)25(15(2)26)17-6-4-3-5-7-17/h3-13H,1-2H3,(H,24,27). The Morgan fingerprint density at radius 3 is 2.61 bits per heavy atom. The lowest BCUT2D eigenvalue weighted by Gasteiger charge is -2.17. The van der Waals surface area contributed by atoms with E-state index in [0.717, 1.165) is 5.56 Å². The molecule has 28 heavy (non-hydrogen) atoms. The van der Waals surface area contributed by atoms with Gasteiger partial charge in [-0.15, -0.1) is 11.3 Å². The summed E-state index contributed by atoms with van der Waals surface area (Å²) in [6.45, 7) is 3.24. The second-order valence-corrected chi connectivity index (χ2v) is 6.89. The van der Waals surface area contributed by atoms with Gasteiger partial charge in [-0.3, -0.25) is 14.5 Å². The Morgan fingerprint density at radius 2 is 1.93 bits per heavy atom. The molecule has 1 aromatic heterocycles. The lowest BCUT2D eigenvalue weighted by Crippen LogP contribution is -2.22. The Labute approximate surface area is 166 Å². The van der Waals surface area contributed by atoms with Crippen molar-refractivity contribution in [2.45, 2.75) is 13.8 Å². The van der Waals surface area contributed by atoms with Crippen LogP contribution in [0.3, 0.4) is 0 Å². The highest BCUT2D eigenvalue weighted by molar-refractivity contribution is 7.14. The lowest BCUT2D eigenvalue weighted by atomic mass is 10.2. The van der Waals surface area contributed by atoms with E-state index >= 15 is 0 Å². The number of aromatic nitrogens is 1. The van der Waals surface area contributed by atoms with Crippen molar-refractivity contribution in [1.29, 1.82) is 0 Å². The first-order valence-electron chi connectivity index (χ1n) is 8.50. The molecule has 0 saturated heterocycles. The van der Waals surface area contributed by atoms with Crippen LogP contribution in [-0.2, 0) is 9.59 Å². The Balaban J connectivity index is 1.72. The molecular weight excluding hydrogens is 377 g/mol. The average Bonchev–Trinajstić information content (AvgIpc) is 3.11. The lowest BCUT2D eigenvalue weighted by molar-refractivity contribution is -0.116. The maximum Gasteiger partial charge on any atom is 0.248 e. The van der Waals surface area contributed by atoms with Crippen LogP contribution in [0.1, 0.15) is 18.2 Å². The molecule has 0 atom stereocenters.